The van der Waals surface area contributed by atoms with Gasteiger partial charge in [0.1, 0.15) is 0 Å². The van der Waals surface area contributed by atoms with E-state index in [0.717, 1.165) is 25.9 Å². The van der Waals surface area contributed by atoms with Gasteiger partial charge in [0, 0.05) is 23.7 Å². The van der Waals surface area contributed by atoms with Crippen molar-refractivity contribution in [3.05, 3.63) is 24.3 Å². The lowest BCUT2D eigenvalue weighted by molar-refractivity contribution is -0.0328. The molecule has 1 aliphatic heterocycles. The molecule has 0 radical (unpaired) electrons. The highest BCUT2D eigenvalue weighted by molar-refractivity contribution is 8.00. The number of thioether (sulfide) groups is 1. The first-order valence-corrected chi connectivity index (χ1v) is 7.47. The summed E-state index contributed by atoms with van der Waals surface area (Å²) in [5.74, 6) is 0.0624. The number of guanidine groups is 2. The zero-order chi connectivity index (χ0) is 16.2. The summed E-state index contributed by atoms with van der Waals surface area (Å²) in [6, 6.07) is 5.59. The SMILES string of the molecule is N=C(NC(=N)N1CCCC1)Nc1ccc(SC(F)(F)F)cc1. The van der Waals surface area contributed by atoms with E-state index >= 15 is 0 Å². The molecule has 0 unspecified atom stereocenters. The monoisotopic (exact) mass is 331 g/mol. The second-order valence-corrected chi connectivity index (χ2v) is 5.88. The minimum atomic E-state index is -4.31. The van der Waals surface area contributed by atoms with Gasteiger partial charge in [-0.25, -0.2) is 0 Å². The number of hydrogen-bond acceptors (Lipinski definition) is 3. The highest BCUT2D eigenvalue weighted by Crippen LogP contribution is 2.36. The number of alkyl halides is 3. The number of benzene rings is 1. The number of hydrogen-bond donors (Lipinski definition) is 4. The van der Waals surface area contributed by atoms with E-state index in [1.54, 1.807) is 0 Å². The fraction of sp³-hybridized carbons (Fsp3) is 0.385. The second-order valence-electron chi connectivity index (χ2n) is 4.74. The third-order valence-corrected chi connectivity index (χ3v) is 3.76. The van der Waals surface area contributed by atoms with E-state index in [2.05, 4.69) is 10.6 Å². The van der Waals surface area contributed by atoms with Crippen molar-refractivity contribution in [1.29, 1.82) is 10.8 Å². The van der Waals surface area contributed by atoms with Crippen molar-refractivity contribution in [3.8, 4) is 0 Å². The maximum atomic E-state index is 12.2. The molecule has 4 N–H and O–H groups in total. The zero-order valence-corrected chi connectivity index (χ0v) is 12.4. The minimum absolute atomic E-state index is 0.0855. The fourth-order valence-corrected chi connectivity index (χ4v) is 2.59. The largest absolute Gasteiger partial charge is 0.446 e. The molecule has 2 rings (SSSR count). The molecule has 0 spiro atoms. The normalized spacial score (nSPS) is 14.8. The van der Waals surface area contributed by atoms with Gasteiger partial charge in [-0.1, -0.05) is 0 Å². The average molecular weight is 331 g/mol. The predicted molar refractivity (Wildman–Crippen MR) is 81.4 cm³/mol. The molecule has 1 aromatic carbocycles. The van der Waals surface area contributed by atoms with E-state index in [-0.39, 0.29) is 28.6 Å². The van der Waals surface area contributed by atoms with Gasteiger partial charge in [0.15, 0.2) is 11.9 Å². The highest BCUT2D eigenvalue weighted by atomic mass is 32.2. The van der Waals surface area contributed by atoms with E-state index in [0.29, 0.717) is 5.69 Å². The summed E-state index contributed by atoms with van der Waals surface area (Å²) in [5.41, 5.74) is -3.83. The minimum Gasteiger partial charge on any atom is -0.343 e. The summed E-state index contributed by atoms with van der Waals surface area (Å²) < 4.78 is 36.7. The van der Waals surface area contributed by atoms with Gasteiger partial charge in [-0.3, -0.25) is 16.1 Å². The van der Waals surface area contributed by atoms with Crippen LogP contribution in [0.4, 0.5) is 18.9 Å². The maximum Gasteiger partial charge on any atom is 0.446 e. The van der Waals surface area contributed by atoms with Crippen LogP contribution in [0.15, 0.2) is 29.2 Å². The third kappa shape index (κ3) is 5.14. The molecule has 1 heterocycles. The number of rotatable bonds is 2. The van der Waals surface area contributed by atoms with Gasteiger partial charge in [-0.05, 0) is 48.9 Å². The first-order valence-electron chi connectivity index (χ1n) is 6.65. The molecule has 120 valence electrons. The molecule has 0 saturated carbocycles. The molecule has 0 amide bonds. The third-order valence-electron chi connectivity index (χ3n) is 3.02. The number of nitrogens with one attached hydrogen (secondary N) is 4. The summed E-state index contributed by atoms with van der Waals surface area (Å²) in [4.78, 5) is 1.92. The lowest BCUT2D eigenvalue weighted by atomic mass is 10.3. The number of anilines is 1. The van der Waals surface area contributed by atoms with E-state index in [4.69, 9.17) is 10.8 Å². The number of likely N-dealkylation sites (tertiary alicyclic amines) is 1. The lowest BCUT2D eigenvalue weighted by Gasteiger charge is -2.20. The summed E-state index contributed by atoms with van der Waals surface area (Å²) in [7, 11) is 0. The van der Waals surface area contributed by atoms with Gasteiger partial charge < -0.3 is 10.2 Å². The topological polar surface area (TPSA) is 75.0 Å². The van der Waals surface area contributed by atoms with Crippen LogP contribution in [0.1, 0.15) is 12.8 Å². The molecule has 22 heavy (non-hydrogen) atoms. The molecule has 0 aromatic heterocycles. The standard InChI is InChI=1S/C13H16F3N5S/c14-13(15,16)22-10-5-3-9(4-6-10)19-11(17)20-12(18)21-7-1-2-8-21/h3-6H,1-2,7-8H2,(H4,17,18,19,20). The Morgan fingerprint density at radius 2 is 1.68 bits per heavy atom. The van der Waals surface area contributed by atoms with E-state index in [1.165, 1.54) is 24.3 Å². The van der Waals surface area contributed by atoms with Crippen LogP contribution in [0, 0.1) is 10.8 Å². The average Bonchev–Trinajstić information content (AvgIpc) is 2.93. The van der Waals surface area contributed by atoms with Crippen LogP contribution in [0.25, 0.3) is 0 Å². The van der Waals surface area contributed by atoms with Crippen LogP contribution in [0.5, 0.6) is 0 Å². The molecule has 1 aliphatic rings. The summed E-state index contributed by atoms with van der Waals surface area (Å²) >= 11 is -0.182. The molecule has 9 heteroatoms. The van der Waals surface area contributed by atoms with Crippen molar-refractivity contribution in [1.82, 2.24) is 10.2 Å². The Hall–Kier alpha value is -1.90. The van der Waals surface area contributed by atoms with Crippen LogP contribution < -0.4 is 10.6 Å². The van der Waals surface area contributed by atoms with Gasteiger partial charge in [-0.2, -0.15) is 13.2 Å². The van der Waals surface area contributed by atoms with Crippen molar-refractivity contribution < 1.29 is 13.2 Å². The molecule has 0 bridgehead atoms. The molecular weight excluding hydrogens is 315 g/mol. The molecule has 1 saturated heterocycles. The van der Waals surface area contributed by atoms with Crippen molar-refractivity contribution in [2.75, 3.05) is 18.4 Å². The number of halogens is 3. The predicted octanol–water partition coefficient (Wildman–Crippen LogP) is 3.27. The maximum absolute atomic E-state index is 12.2. The summed E-state index contributed by atoms with van der Waals surface area (Å²) in [6.45, 7) is 1.59. The fourth-order valence-electron chi connectivity index (χ4n) is 2.05. The van der Waals surface area contributed by atoms with Crippen LogP contribution in [-0.4, -0.2) is 35.4 Å². The summed E-state index contributed by atoms with van der Waals surface area (Å²) in [5, 5.41) is 20.9. The molecule has 5 nitrogen and oxygen atoms in total. The van der Waals surface area contributed by atoms with Crippen molar-refractivity contribution in [2.24, 2.45) is 0 Å². The number of nitrogens with zero attached hydrogens (tertiary/aromatic N) is 1. The first-order chi connectivity index (χ1) is 10.3. The van der Waals surface area contributed by atoms with Crippen LogP contribution in [-0.2, 0) is 0 Å². The molecule has 1 aromatic rings. The van der Waals surface area contributed by atoms with Crippen LogP contribution in [0.2, 0.25) is 0 Å². The van der Waals surface area contributed by atoms with Gasteiger partial charge in [0.25, 0.3) is 0 Å². The Kier molecular flexibility index (Phi) is 5.17. The highest BCUT2D eigenvalue weighted by Gasteiger charge is 2.29. The van der Waals surface area contributed by atoms with Crippen LogP contribution >= 0.6 is 11.8 Å². The first kappa shape index (κ1) is 16.5. The van der Waals surface area contributed by atoms with Crippen molar-refractivity contribution in [2.45, 2.75) is 23.2 Å². The lowest BCUT2D eigenvalue weighted by Crippen LogP contribution is -2.44. The summed E-state index contributed by atoms with van der Waals surface area (Å²) in [6.07, 6.45) is 2.06. The molecule has 0 aliphatic carbocycles. The quantitative estimate of drug-likeness (QED) is 0.381. The van der Waals surface area contributed by atoms with Gasteiger partial charge in [0.05, 0.1) is 0 Å². The van der Waals surface area contributed by atoms with E-state index < -0.39 is 5.51 Å². The Bertz CT molecular complexity index is 538. The Morgan fingerprint density at radius 1 is 1.09 bits per heavy atom. The Labute approximate surface area is 130 Å². The molecular formula is C13H16F3N5S. The van der Waals surface area contributed by atoms with E-state index in [9.17, 15) is 13.2 Å². The van der Waals surface area contributed by atoms with Gasteiger partial charge >= 0.3 is 5.51 Å². The second kappa shape index (κ2) is 6.91. The Morgan fingerprint density at radius 3 is 2.23 bits per heavy atom. The smallest absolute Gasteiger partial charge is 0.343 e. The van der Waals surface area contributed by atoms with Gasteiger partial charge in [0.2, 0.25) is 0 Å². The zero-order valence-electron chi connectivity index (χ0n) is 11.6. The van der Waals surface area contributed by atoms with Crippen molar-refractivity contribution >= 4 is 29.4 Å². The molecule has 0 atom stereocenters. The molecule has 1 fully saturated rings. The van der Waals surface area contributed by atoms with Crippen LogP contribution in [0.3, 0.4) is 0 Å². The van der Waals surface area contributed by atoms with E-state index in [1.807, 2.05) is 4.90 Å². The van der Waals surface area contributed by atoms with Gasteiger partial charge in [-0.15, -0.1) is 0 Å². The Balaban J connectivity index is 1.84. The van der Waals surface area contributed by atoms with Crippen molar-refractivity contribution in [3.63, 3.8) is 0 Å².